The number of quaternary nitrogens is 3. The summed E-state index contributed by atoms with van der Waals surface area (Å²) in [5.74, 6) is 0. The molecule has 0 bridgehead atoms. The van der Waals surface area contributed by atoms with Gasteiger partial charge in [-0.15, -0.1) is 0 Å². The minimum atomic E-state index is 0.907. The van der Waals surface area contributed by atoms with Crippen LogP contribution in [-0.2, 0) is 13.1 Å². The van der Waals surface area contributed by atoms with Crippen LogP contribution in [0.15, 0.2) is 54.6 Å². The van der Waals surface area contributed by atoms with E-state index in [4.69, 9.17) is 0 Å². The van der Waals surface area contributed by atoms with Gasteiger partial charge in [0, 0.05) is 24.0 Å². The standard InChI is InChI=1S/C24H33N3/c1-21-6-5-9-23(18-21)20-26-14-16-27(17-15-26)24-10-12-25(13-11-24)19-22-7-3-2-4-8-22/h2-9,18,24H,10-17,19-20H2,1H3/p+3. The van der Waals surface area contributed by atoms with Gasteiger partial charge in [-0.25, -0.2) is 0 Å². The van der Waals surface area contributed by atoms with Crippen molar-refractivity contribution in [3.05, 3.63) is 71.3 Å². The lowest BCUT2D eigenvalue weighted by atomic mass is 10.0. The fourth-order valence-electron chi connectivity index (χ4n) is 5.12. The molecule has 0 saturated carbocycles. The Bertz CT molecular complexity index is 699. The van der Waals surface area contributed by atoms with Gasteiger partial charge in [-0.3, -0.25) is 0 Å². The van der Waals surface area contributed by atoms with E-state index in [2.05, 4.69) is 61.5 Å². The van der Waals surface area contributed by atoms with E-state index in [0.717, 1.165) is 6.04 Å². The van der Waals surface area contributed by atoms with Crippen molar-refractivity contribution in [1.29, 1.82) is 0 Å². The topological polar surface area (TPSA) is 13.3 Å². The zero-order valence-electron chi connectivity index (χ0n) is 16.8. The number of rotatable bonds is 5. The fourth-order valence-corrected chi connectivity index (χ4v) is 5.12. The predicted octanol–water partition coefficient (Wildman–Crippen LogP) is -0.474. The Balaban J connectivity index is 1.20. The zero-order valence-corrected chi connectivity index (χ0v) is 16.8. The molecule has 2 heterocycles. The molecule has 3 heteroatoms. The van der Waals surface area contributed by atoms with Crippen LogP contribution in [0.4, 0.5) is 0 Å². The molecule has 0 spiro atoms. The third-order valence-corrected chi connectivity index (χ3v) is 6.70. The van der Waals surface area contributed by atoms with Crippen LogP contribution < -0.4 is 14.7 Å². The Morgan fingerprint density at radius 3 is 2.04 bits per heavy atom. The van der Waals surface area contributed by atoms with Crippen molar-refractivity contribution in [2.75, 3.05) is 39.3 Å². The van der Waals surface area contributed by atoms with Crippen molar-refractivity contribution in [2.45, 2.75) is 38.9 Å². The van der Waals surface area contributed by atoms with Crippen LogP contribution >= 0.6 is 0 Å². The van der Waals surface area contributed by atoms with Crippen LogP contribution in [0.1, 0.15) is 29.5 Å². The molecule has 3 N–H and O–H groups in total. The van der Waals surface area contributed by atoms with E-state index in [-0.39, 0.29) is 0 Å². The van der Waals surface area contributed by atoms with Crippen molar-refractivity contribution in [3.8, 4) is 0 Å². The van der Waals surface area contributed by atoms with Gasteiger partial charge in [-0.2, -0.15) is 0 Å². The van der Waals surface area contributed by atoms with E-state index < -0.39 is 0 Å². The minimum Gasteiger partial charge on any atom is -0.331 e. The van der Waals surface area contributed by atoms with Gasteiger partial charge < -0.3 is 14.7 Å². The molecule has 0 radical (unpaired) electrons. The second-order valence-electron chi connectivity index (χ2n) is 8.76. The number of nitrogens with one attached hydrogen (secondary N) is 3. The van der Waals surface area contributed by atoms with E-state index in [1.54, 1.807) is 9.80 Å². The summed E-state index contributed by atoms with van der Waals surface area (Å²) in [7, 11) is 0. The molecule has 0 aliphatic carbocycles. The SMILES string of the molecule is Cc1cccc(C[NH+]2CC[NH+](C3CC[NH+](Cc4ccccc4)CC3)CC2)c1. The van der Waals surface area contributed by atoms with Crippen molar-refractivity contribution in [1.82, 2.24) is 0 Å². The Kier molecular flexibility index (Phi) is 6.23. The Labute approximate surface area is 164 Å². The molecular weight excluding hydrogens is 330 g/mol. The highest BCUT2D eigenvalue weighted by Crippen LogP contribution is 2.02. The Morgan fingerprint density at radius 1 is 0.704 bits per heavy atom. The average molecular weight is 367 g/mol. The molecule has 4 rings (SSSR count). The monoisotopic (exact) mass is 366 g/mol. The van der Waals surface area contributed by atoms with Crippen molar-refractivity contribution < 1.29 is 14.7 Å². The molecular formula is C24H36N3+3. The number of piperazine rings is 1. The molecule has 0 unspecified atom stereocenters. The molecule has 2 aromatic carbocycles. The van der Waals surface area contributed by atoms with Gasteiger partial charge >= 0.3 is 0 Å². The van der Waals surface area contributed by atoms with Crippen LogP contribution in [0.2, 0.25) is 0 Å². The van der Waals surface area contributed by atoms with Crippen molar-refractivity contribution in [2.24, 2.45) is 0 Å². The molecule has 0 atom stereocenters. The number of hydrogen-bond donors (Lipinski definition) is 3. The average Bonchev–Trinajstić information content (AvgIpc) is 2.70. The third kappa shape index (κ3) is 5.19. The molecule has 0 aromatic heterocycles. The third-order valence-electron chi connectivity index (χ3n) is 6.70. The zero-order chi connectivity index (χ0) is 18.5. The van der Waals surface area contributed by atoms with Crippen LogP contribution in [0.25, 0.3) is 0 Å². The maximum Gasteiger partial charge on any atom is 0.127 e. The summed E-state index contributed by atoms with van der Waals surface area (Å²) in [5.41, 5.74) is 4.39. The summed E-state index contributed by atoms with van der Waals surface area (Å²) in [6, 6.07) is 21.0. The highest BCUT2D eigenvalue weighted by molar-refractivity contribution is 5.21. The predicted molar refractivity (Wildman–Crippen MR) is 110 cm³/mol. The van der Waals surface area contributed by atoms with Crippen LogP contribution in [-0.4, -0.2) is 45.3 Å². The number of aryl methyl sites for hydroxylation is 1. The van der Waals surface area contributed by atoms with Gasteiger partial charge in [0.2, 0.25) is 0 Å². The fraction of sp³-hybridized carbons (Fsp3) is 0.500. The van der Waals surface area contributed by atoms with E-state index in [0.29, 0.717) is 0 Å². The maximum atomic E-state index is 2.36. The van der Waals surface area contributed by atoms with E-state index in [1.165, 1.54) is 81.9 Å². The van der Waals surface area contributed by atoms with Crippen LogP contribution in [0, 0.1) is 6.92 Å². The van der Waals surface area contributed by atoms with Gasteiger partial charge in [0.1, 0.15) is 39.3 Å². The summed E-state index contributed by atoms with van der Waals surface area (Å²) >= 11 is 0. The molecule has 2 fully saturated rings. The minimum absolute atomic E-state index is 0.907. The van der Waals surface area contributed by atoms with Crippen LogP contribution in [0.3, 0.4) is 0 Å². The van der Waals surface area contributed by atoms with Gasteiger partial charge in [0.05, 0.1) is 19.1 Å². The normalized spacial score (nSPS) is 28.8. The van der Waals surface area contributed by atoms with Crippen molar-refractivity contribution >= 4 is 0 Å². The molecule has 2 aliphatic rings. The number of piperidine rings is 1. The summed E-state index contributed by atoms with van der Waals surface area (Å²) in [5, 5.41) is 0. The first-order chi connectivity index (χ1) is 13.3. The first-order valence-corrected chi connectivity index (χ1v) is 10.9. The summed E-state index contributed by atoms with van der Waals surface area (Å²) in [6.45, 7) is 12.7. The number of benzene rings is 2. The highest BCUT2D eigenvalue weighted by atomic mass is 15.3. The molecule has 2 aliphatic heterocycles. The highest BCUT2D eigenvalue weighted by Gasteiger charge is 2.33. The second kappa shape index (κ2) is 9.01. The smallest absolute Gasteiger partial charge is 0.127 e. The van der Waals surface area contributed by atoms with E-state index >= 15 is 0 Å². The van der Waals surface area contributed by atoms with Gasteiger partial charge in [-0.1, -0.05) is 60.2 Å². The lowest BCUT2D eigenvalue weighted by Crippen LogP contribution is -3.30. The first kappa shape index (κ1) is 18.7. The van der Waals surface area contributed by atoms with E-state index in [1.807, 2.05) is 4.90 Å². The first-order valence-electron chi connectivity index (χ1n) is 10.9. The second-order valence-corrected chi connectivity index (χ2v) is 8.76. The van der Waals surface area contributed by atoms with Gasteiger partial charge in [0.15, 0.2) is 0 Å². The van der Waals surface area contributed by atoms with Crippen LogP contribution in [0.5, 0.6) is 0 Å². The Hall–Kier alpha value is -1.68. The quantitative estimate of drug-likeness (QED) is 0.633. The molecule has 0 amide bonds. The van der Waals surface area contributed by atoms with Gasteiger partial charge in [0.25, 0.3) is 0 Å². The molecule has 144 valence electrons. The molecule has 3 nitrogen and oxygen atoms in total. The summed E-state index contributed by atoms with van der Waals surface area (Å²) in [4.78, 5) is 5.44. The molecule has 27 heavy (non-hydrogen) atoms. The maximum absolute atomic E-state index is 2.36. The number of likely N-dealkylation sites (tertiary alicyclic amines) is 1. The molecule has 2 aromatic rings. The summed E-state index contributed by atoms with van der Waals surface area (Å²) < 4.78 is 0. The number of hydrogen-bond acceptors (Lipinski definition) is 0. The van der Waals surface area contributed by atoms with Crippen molar-refractivity contribution in [3.63, 3.8) is 0 Å². The lowest BCUT2D eigenvalue weighted by Gasteiger charge is -2.37. The summed E-state index contributed by atoms with van der Waals surface area (Å²) in [6.07, 6.45) is 2.81. The Morgan fingerprint density at radius 2 is 1.33 bits per heavy atom. The molecule has 2 saturated heterocycles. The largest absolute Gasteiger partial charge is 0.331 e. The van der Waals surface area contributed by atoms with E-state index in [9.17, 15) is 0 Å². The van der Waals surface area contributed by atoms with Gasteiger partial charge in [-0.05, 0) is 6.92 Å². The lowest BCUT2D eigenvalue weighted by molar-refractivity contribution is -1.04.